The van der Waals surface area contributed by atoms with Crippen LogP contribution >= 0.6 is 0 Å². The van der Waals surface area contributed by atoms with Gasteiger partial charge in [0.1, 0.15) is 5.69 Å². The van der Waals surface area contributed by atoms with Gasteiger partial charge in [-0.15, -0.1) is 0 Å². The van der Waals surface area contributed by atoms with Gasteiger partial charge in [0, 0.05) is 49.2 Å². The molecular weight excluding hydrogens is 380 g/mol. The number of nitro benzene ring substituents is 1. The Hall–Kier alpha value is -3.09. The van der Waals surface area contributed by atoms with Gasteiger partial charge in [0.15, 0.2) is 0 Å². The van der Waals surface area contributed by atoms with E-state index in [9.17, 15) is 14.9 Å². The van der Waals surface area contributed by atoms with Crippen molar-refractivity contribution in [3.63, 3.8) is 0 Å². The zero-order chi connectivity index (χ0) is 21.7. The van der Waals surface area contributed by atoms with Gasteiger partial charge in [-0.2, -0.15) is 0 Å². The van der Waals surface area contributed by atoms with Crippen molar-refractivity contribution in [1.82, 2.24) is 0 Å². The lowest BCUT2D eigenvalue weighted by Gasteiger charge is -2.31. The highest BCUT2D eigenvalue weighted by Crippen LogP contribution is 2.32. The van der Waals surface area contributed by atoms with Crippen LogP contribution in [0.15, 0.2) is 42.5 Å². The zero-order valence-corrected chi connectivity index (χ0v) is 17.9. The summed E-state index contributed by atoms with van der Waals surface area (Å²) in [5.74, 6) is 0.283. The number of anilines is 3. The molecule has 3 rings (SSSR count). The number of amides is 1. The Labute approximate surface area is 177 Å². The Balaban J connectivity index is 1.76. The van der Waals surface area contributed by atoms with Crippen LogP contribution in [0.5, 0.6) is 0 Å². The smallest absolute Gasteiger partial charge is 0.293 e. The molecule has 2 aromatic carbocycles. The van der Waals surface area contributed by atoms with Crippen molar-refractivity contribution < 1.29 is 9.72 Å². The molecule has 1 aliphatic heterocycles. The van der Waals surface area contributed by atoms with E-state index in [1.165, 1.54) is 6.07 Å². The van der Waals surface area contributed by atoms with Crippen LogP contribution in [-0.4, -0.2) is 37.0 Å². The van der Waals surface area contributed by atoms with Gasteiger partial charge in [-0.25, -0.2) is 0 Å². The van der Waals surface area contributed by atoms with Gasteiger partial charge >= 0.3 is 0 Å². The van der Waals surface area contributed by atoms with Crippen LogP contribution in [0.3, 0.4) is 0 Å². The Morgan fingerprint density at radius 1 is 1.13 bits per heavy atom. The normalized spacial score (nSPS) is 14.4. The van der Waals surface area contributed by atoms with Crippen molar-refractivity contribution in [2.45, 2.75) is 33.6 Å². The molecule has 7 heteroatoms. The number of piperidine rings is 1. The van der Waals surface area contributed by atoms with E-state index in [0.717, 1.165) is 44.7 Å². The minimum atomic E-state index is -0.400. The lowest BCUT2D eigenvalue weighted by Crippen LogP contribution is -2.33. The molecule has 1 heterocycles. The Morgan fingerprint density at radius 3 is 2.33 bits per heavy atom. The van der Waals surface area contributed by atoms with Gasteiger partial charge in [-0.3, -0.25) is 14.9 Å². The molecule has 0 saturated carbocycles. The topological polar surface area (TPSA) is 78.7 Å². The monoisotopic (exact) mass is 410 g/mol. The standard InChI is InChI=1S/C23H30N4O3/c1-4-25(5-2)20-9-7-19(8-10-20)24-23(28)18-6-11-21(22(16-18)27(29)30)26-14-12-17(3)13-15-26/h6-11,16-17H,4-5,12-15H2,1-3H3,(H,24,28). The molecule has 0 radical (unpaired) electrons. The van der Waals surface area contributed by atoms with E-state index in [0.29, 0.717) is 17.3 Å². The SMILES string of the molecule is CCN(CC)c1ccc(NC(=O)c2ccc(N3CCC(C)CC3)c([N+](=O)[O-])c2)cc1. The number of carbonyl (C=O) groups excluding carboxylic acids is 1. The number of hydrogen-bond acceptors (Lipinski definition) is 5. The van der Waals surface area contributed by atoms with Gasteiger partial charge in [0.05, 0.1) is 4.92 Å². The Bertz CT molecular complexity index is 886. The van der Waals surface area contributed by atoms with Crippen molar-refractivity contribution in [2.24, 2.45) is 5.92 Å². The third-order valence-corrected chi connectivity index (χ3v) is 5.81. The molecule has 1 saturated heterocycles. The molecule has 0 spiro atoms. The molecule has 0 aromatic heterocycles. The van der Waals surface area contributed by atoms with Crippen LogP contribution in [0.1, 0.15) is 44.0 Å². The van der Waals surface area contributed by atoms with Gasteiger partial charge in [0.2, 0.25) is 0 Å². The van der Waals surface area contributed by atoms with E-state index < -0.39 is 4.92 Å². The molecule has 160 valence electrons. The second-order valence-corrected chi connectivity index (χ2v) is 7.80. The minimum absolute atomic E-state index is 0.0194. The lowest BCUT2D eigenvalue weighted by molar-refractivity contribution is -0.384. The first-order valence-electron chi connectivity index (χ1n) is 10.6. The van der Waals surface area contributed by atoms with E-state index in [-0.39, 0.29) is 17.2 Å². The lowest BCUT2D eigenvalue weighted by atomic mass is 9.98. The van der Waals surface area contributed by atoms with Crippen molar-refractivity contribution in [3.05, 3.63) is 58.1 Å². The summed E-state index contributed by atoms with van der Waals surface area (Å²) in [6.07, 6.45) is 2.03. The van der Waals surface area contributed by atoms with E-state index in [1.807, 2.05) is 29.2 Å². The van der Waals surface area contributed by atoms with Crippen LogP contribution in [0.2, 0.25) is 0 Å². The number of nitro groups is 1. The van der Waals surface area contributed by atoms with Crippen molar-refractivity contribution >= 4 is 28.7 Å². The minimum Gasteiger partial charge on any atom is -0.372 e. The largest absolute Gasteiger partial charge is 0.372 e. The third-order valence-electron chi connectivity index (χ3n) is 5.81. The number of hydrogen-bond donors (Lipinski definition) is 1. The second-order valence-electron chi connectivity index (χ2n) is 7.80. The fraction of sp³-hybridized carbons (Fsp3) is 0.435. The number of carbonyl (C=O) groups is 1. The van der Waals surface area contributed by atoms with Crippen LogP contribution < -0.4 is 15.1 Å². The molecule has 1 fully saturated rings. The number of benzene rings is 2. The third kappa shape index (κ3) is 4.90. The maximum absolute atomic E-state index is 12.7. The molecule has 1 amide bonds. The highest BCUT2D eigenvalue weighted by Gasteiger charge is 2.24. The van der Waals surface area contributed by atoms with Crippen LogP contribution in [0.25, 0.3) is 0 Å². The average Bonchev–Trinajstić information content (AvgIpc) is 2.76. The fourth-order valence-corrected chi connectivity index (χ4v) is 3.88. The van der Waals surface area contributed by atoms with Gasteiger partial charge in [-0.05, 0) is 69.0 Å². The highest BCUT2D eigenvalue weighted by molar-refractivity contribution is 6.05. The van der Waals surface area contributed by atoms with Gasteiger partial charge in [-0.1, -0.05) is 6.92 Å². The second kappa shape index (κ2) is 9.61. The van der Waals surface area contributed by atoms with Crippen molar-refractivity contribution in [2.75, 3.05) is 41.3 Å². The number of rotatable bonds is 7. The van der Waals surface area contributed by atoms with Crippen molar-refractivity contribution in [1.29, 1.82) is 0 Å². The first-order chi connectivity index (χ1) is 14.4. The summed E-state index contributed by atoms with van der Waals surface area (Å²) >= 11 is 0. The molecule has 7 nitrogen and oxygen atoms in total. The maximum atomic E-state index is 12.7. The summed E-state index contributed by atoms with van der Waals surface area (Å²) in [4.78, 5) is 28.2. The Kier molecular flexibility index (Phi) is 6.92. The number of nitrogens with zero attached hydrogens (tertiary/aromatic N) is 3. The predicted octanol–water partition coefficient (Wildman–Crippen LogP) is 4.93. The summed E-state index contributed by atoms with van der Waals surface area (Å²) in [5, 5.41) is 14.5. The highest BCUT2D eigenvalue weighted by atomic mass is 16.6. The van der Waals surface area contributed by atoms with Crippen LogP contribution in [0.4, 0.5) is 22.7 Å². The molecule has 0 unspecified atom stereocenters. The molecule has 1 aliphatic rings. The summed E-state index contributed by atoms with van der Waals surface area (Å²) in [6.45, 7) is 9.81. The molecule has 0 atom stereocenters. The number of nitrogens with one attached hydrogen (secondary N) is 1. The van der Waals surface area contributed by atoms with Gasteiger partial charge in [0.25, 0.3) is 11.6 Å². The summed E-state index contributed by atoms with van der Waals surface area (Å²) in [7, 11) is 0. The van der Waals surface area contributed by atoms with Gasteiger partial charge < -0.3 is 15.1 Å². The molecule has 0 bridgehead atoms. The summed E-state index contributed by atoms with van der Waals surface area (Å²) in [5.41, 5.74) is 2.60. The molecule has 30 heavy (non-hydrogen) atoms. The van der Waals surface area contributed by atoms with E-state index >= 15 is 0 Å². The molecular formula is C23H30N4O3. The summed E-state index contributed by atoms with van der Waals surface area (Å²) in [6, 6.07) is 12.4. The predicted molar refractivity (Wildman–Crippen MR) is 122 cm³/mol. The summed E-state index contributed by atoms with van der Waals surface area (Å²) < 4.78 is 0. The first-order valence-corrected chi connectivity index (χ1v) is 10.6. The zero-order valence-electron chi connectivity index (χ0n) is 17.9. The maximum Gasteiger partial charge on any atom is 0.293 e. The van der Waals surface area contributed by atoms with Crippen LogP contribution in [0, 0.1) is 16.0 Å². The van der Waals surface area contributed by atoms with E-state index in [4.69, 9.17) is 0 Å². The average molecular weight is 411 g/mol. The van der Waals surface area contributed by atoms with Crippen molar-refractivity contribution in [3.8, 4) is 0 Å². The first kappa shape index (κ1) is 21.6. The molecule has 1 N–H and O–H groups in total. The molecule has 2 aromatic rings. The Morgan fingerprint density at radius 2 is 1.77 bits per heavy atom. The quantitative estimate of drug-likeness (QED) is 0.517. The van der Waals surface area contributed by atoms with E-state index in [2.05, 4.69) is 31.0 Å². The molecule has 0 aliphatic carbocycles. The van der Waals surface area contributed by atoms with E-state index in [1.54, 1.807) is 12.1 Å². The fourth-order valence-electron chi connectivity index (χ4n) is 3.88. The van der Waals surface area contributed by atoms with Crippen LogP contribution in [-0.2, 0) is 0 Å².